The molecular weight excluding hydrogens is 226 g/mol. The zero-order valence-corrected chi connectivity index (χ0v) is 11.8. The molecular formula is C14H27N3O. The summed E-state index contributed by atoms with van der Waals surface area (Å²) in [4.78, 5) is 16.5. The highest BCUT2D eigenvalue weighted by molar-refractivity contribution is 5.74. The molecule has 1 unspecified atom stereocenters. The molecule has 1 N–H and O–H groups in total. The van der Waals surface area contributed by atoms with Gasteiger partial charge in [0.1, 0.15) is 0 Å². The van der Waals surface area contributed by atoms with E-state index in [1.165, 1.54) is 25.9 Å². The molecule has 2 aliphatic rings. The summed E-state index contributed by atoms with van der Waals surface area (Å²) in [5.74, 6) is 0.774. The van der Waals surface area contributed by atoms with Crippen LogP contribution in [0.2, 0.25) is 0 Å². The predicted octanol–water partition coefficient (Wildman–Crippen LogP) is 1.91. The number of carbonyl (C=O) groups is 1. The summed E-state index contributed by atoms with van der Waals surface area (Å²) in [6.07, 6.45) is 4.91. The number of nitrogens with one attached hydrogen (secondary N) is 1. The standard InChI is InChI=1S/C14H27N3O/c1-12-5-9-17(10-6-12)14(18)15-13(2)11-16-7-3-4-8-16/h12-13H,3-11H2,1-2H3,(H,15,18). The third kappa shape index (κ3) is 3.87. The number of urea groups is 1. The van der Waals surface area contributed by atoms with E-state index in [2.05, 4.69) is 24.1 Å². The highest BCUT2D eigenvalue weighted by Crippen LogP contribution is 2.16. The molecule has 0 radical (unpaired) electrons. The van der Waals surface area contributed by atoms with Crippen LogP contribution >= 0.6 is 0 Å². The number of carbonyl (C=O) groups excluding carboxylic acids is 1. The van der Waals surface area contributed by atoms with Crippen molar-refractivity contribution in [3.8, 4) is 0 Å². The molecule has 2 rings (SSSR count). The van der Waals surface area contributed by atoms with Crippen LogP contribution in [0.15, 0.2) is 0 Å². The van der Waals surface area contributed by atoms with Crippen LogP contribution in [0, 0.1) is 5.92 Å². The summed E-state index contributed by atoms with van der Waals surface area (Å²) in [7, 11) is 0. The van der Waals surface area contributed by atoms with Crippen molar-refractivity contribution >= 4 is 6.03 Å². The quantitative estimate of drug-likeness (QED) is 0.834. The van der Waals surface area contributed by atoms with Crippen LogP contribution in [-0.4, -0.2) is 54.6 Å². The van der Waals surface area contributed by atoms with Gasteiger partial charge in [0.2, 0.25) is 0 Å². The lowest BCUT2D eigenvalue weighted by atomic mass is 10.00. The van der Waals surface area contributed by atoms with Crippen LogP contribution in [0.4, 0.5) is 4.79 Å². The molecule has 18 heavy (non-hydrogen) atoms. The topological polar surface area (TPSA) is 35.6 Å². The fourth-order valence-electron chi connectivity index (χ4n) is 2.91. The molecule has 2 fully saturated rings. The van der Waals surface area contributed by atoms with Crippen LogP contribution in [0.5, 0.6) is 0 Å². The summed E-state index contributed by atoms with van der Waals surface area (Å²) in [5, 5.41) is 3.14. The Balaban J connectivity index is 1.69. The molecule has 0 spiro atoms. The molecule has 0 saturated carbocycles. The number of hydrogen-bond acceptors (Lipinski definition) is 2. The lowest BCUT2D eigenvalue weighted by Crippen LogP contribution is -2.49. The van der Waals surface area contributed by atoms with Gasteiger partial charge in [0.25, 0.3) is 0 Å². The van der Waals surface area contributed by atoms with Crippen molar-refractivity contribution in [1.29, 1.82) is 0 Å². The summed E-state index contributed by atoms with van der Waals surface area (Å²) < 4.78 is 0. The summed E-state index contributed by atoms with van der Waals surface area (Å²) >= 11 is 0. The average Bonchev–Trinajstić information content (AvgIpc) is 2.82. The normalized spacial score (nSPS) is 24.2. The molecule has 4 nitrogen and oxygen atoms in total. The van der Waals surface area contributed by atoms with Gasteiger partial charge in [0, 0.05) is 25.7 Å². The van der Waals surface area contributed by atoms with E-state index in [1.54, 1.807) is 0 Å². The smallest absolute Gasteiger partial charge is 0.317 e. The molecule has 0 aromatic carbocycles. The highest BCUT2D eigenvalue weighted by atomic mass is 16.2. The van der Waals surface area contributed by atoms with E-state index in [1.807, 2.05) is 4.90 Å². The summed E-state index contributed by atoms with van der Waals surface area (Å²) in [5.41, 5.74) is 0. The lowest BCUT2D eigenvalue weighted by Gasteiger charge is -2.32. The van der Waals surface area contributed by atoms with E-state index in [9.17, 15) is 4.79 Å². The van der Waals surface area contributed by atoms with Crippen molar-refractivity contribution in [3.05, 3.63) is 0 Å². The molecule has 0 aromatic heterocycles. The largest absolute Gasteiger partial charge is 0.334 e. The number of hydrogen-bond donors (Lipinski definition) is 1. The van der Waals surface area contributed by atoms with E-state index in [4.69, 9.17) is 0 Å². The maximum atomic E-state index is 12.1. The molecule has 0 aromatic rings. The Morgan fingerprint density at radius 1 is 1.22 bits per heavy atom. The second-order valence-corrected chi connectivity index (χ2v) is 6.03. The van der Waals surface area contributed by atoms with Gasteiger partial charge in [-0.05, 0) is 51.6 Å². The van der Waals surface area contributed by atoms with Gasteiger partial charge < -0.3 is 15.1 Å². The van der Waals surface area contributed by atoms with Crippen LogP contribution in [0.1, 0.15) is 39.5 Å². The number of piperidine rings is 1. The first-order chi connectivity index (χ1) is 8.65. The zero-order valence-electron chi connectivity index (χ0n) is 11.8. The van der Waals surface area contributed by atoms with Gasteiger partial charge in [-0.3, -0.25) is 0 Å². The summed E-state index contributed by atoms with van der Waals surface area (Å²) in [6, 6.07) is 0.392. The van der Waals surface area contributed by atoms with E-state index >= 15 is 0 Å². The molecule has 1 atom stereocenters. The maximum Gasteiger partial charge on any atom is 0.317 e. The van der Waals surface area contributed by atoms with E-state index < -0.39 is 0 Å². The minimum atomic E-state index is 0.133. The first kappa shape index (κ1) is 13.7. The molecule has 0 bridgehead atoms. The lowest BCUT2D eigenvalue weighted by molar-refractivity contribution is 0.168. The predicted molar refractivity (Wildman–Crippen MR) is 73.6 cm³/mol. The maximum absolute atomic E-state index is 12.1. The molecule has 104 valence electrons. The molecule has 0 aliphatic carbocycles. The van der Waals surface area contributed by atoms with Crippen molar-refractivity contribution in [1.82, 2.24) is 15.1 Å². The Morgan fingerprint density at radius 3 is 2.44 bits per heavy atom. The Morgan fingerprint density at radius 2 is 1.83 bits per heavy atom. The first-order valence-corrected chi connectivity index (χ1v) is 7.43. The third-order valence-corrected chi connectivity index (χ3v) is 4.17. The Labute approximate surface area is 111 Å². The molecule has 4 heteroatoms. The minimum absolute atomic E-state index is 0.133. The van der Waals surface area contributed by atoms with Gasteiger partial charge in [0.15, 0.2) is 0 Å². The molecule has 2 saturated heterocycles. The Kier molecular flexibility index (Phi) is 4.87. The number of rotatable bonds is 3. The van der Waals surface area contributed by atoms with Crippen LogP contribution in [0.25, 0.3) is 0 Å². The van der Waals surface area contributed by atoms with Crippen LogP contribution in [0.3, 0.4) is 0 Å². The van der Waals surface area contributed by atoms with Gasteiger partial charge in [0.05, 0.1) is 0 Å². The SMILES string of the molecule is CC1CCN(C(=O)NC(C)CN2CCCC2)CC1. The van der Waals surface area contributed by atoms with E-state index in [0.717, 1.165) is 38.4 Å². The van der Waals surface area contributed by atoms with Crippen molar-refractivity contribution < 1.29 is 4.79 Å². The second-order valence-electron chi connectivity index (χ2n) is 6.03. The molecule has 2 aliphatic heterocycles. The van der Waals surface area contributed by atoms with Crippen molar-refractivity contribution in [2.75, 3.05) is 32.7 Å². The van der Waals surface area contributed by atoms with Crippen molar-refractivity contribution in [3.63, 3.8) is 0 Å². The molecule has 2 heterocycles. The van der Waals surface area contributed by atoms with Gasteiger partial charge in [-0.1, -0.05) is 6.92 Å². The third-order valence-electron chi connectivity index (χ3n) is 4.17. The van der Waals surface area contributed by atoms with Gasteiger partial charge >= 0.3 is 6.03 Å². The number of amides is 2. The highest BCUT2D eigenvalue weighted by Gasteiger charge is 2.22. The van der Waals surface area contributed by atoms with Crippen molar-refractivity contribution in [2.24, 2.45) is 5.92 Å². The summed E-state index contributed by atoms with van der Waals surface area (Å²) in [6.45, 7) is 9.61. The van der Waals surface area contributed by atoms with Crippen LogP contribution in [-0.2, 0) is 0 Å². The van der Waals surface area contributed by atoms with Crippen LogP contribution < -0.4 is 5.32 Å². The van der Waals surface area contributed by atoms with Gasteiger partial charge in [-0.15, -0.1) is 0 Å². The average molecular weight is 253 g/mol. The fourth-order valence-corrected chi connectivity index (χ4v) is 2.91. The Hall–Kier alpha value is -0.770. The monoisotopic (exact) mass is 253 g/mol. The second kappa shape index (κ2) is 6.41. The van der Waals surface area contributed by atoms with Gasteiger partial charge in [-0.25, -0.2) is 4.79 Å². The first-order valence-electron chi connectivity index (χ1n) is 7.43. The number of nitrogens with zero attached hydrogens (tertiary/aromatic N) is 2. The van der Waals surface area contributed by atoms with E-state index in [-0.39, 0.29) is 12.1 Å². The molecule has 2 amide bonds. The minimum Gasteiger partial charge on any atom is -0.334 e. The van der Waals surface area contributed by atoms with Crippen molar-refractivity contribution in [2.45, 2.75) is 45.6 Å². The Bertz CT molecular complexity index is 268. The number of likely N-dealkylation sites (tertiary alicyclic amines) is 2. The van der Waals surface area contributed by atoms with Gasteiger partial charge in [-0.2, -0.15) is 0 Å². The van der Waals surface area contributed by atoms with E-state index in [0.29, 0.717) is 0 Å². The fraction of sp³-hybridized carbons (Fsp3) is 0.929. The zero-order chi connectivity index (χ0) is 13.0.